The number of anilines is 1. The molecule has 0 aromatic heterocycles. The van der Waals surface area contributed by atoms with Crippen molar-refractivity contribution in [3.8, 4) is 17.2 Å². The number of halogens is 1. The zero-order valence-corrected chi connectivity index (χ0v) is 14.6. The van der Waals surface area contributed by atoms with Crippen molar-refractivity contribution < 1.29 is 19.4 Å². The molecule has 0 heterocycles. The number of amides is 1. The van der Waals surface area contributed by atoms with Crippen molar-refractivity contribution in [1.29, 1.82) is 0 Å². The van der Waals surface area contributed by atoms with Crippen LogP contribution in [-0.2, 0) is 0 Å². The Labute approximate surface area is 146 Å². The normalized spacial score (nSPS) is 10.3. The highest BCUT2D eigenvalue weighted by molar-refractivity contribution is 6.32. The fourth-order valence-electron chi connectivity index (χ4n) is 2.14. The van der Waals surface area contributed by atoms with E-state index in [9.17, 15) is 9.90 Å². The van der Waals surface area contributed by atoms with Crippen LogP contribution in [0.3, 0.4) is 0 Å². The van der Waals surface area contributed by atoms with Gasteiger partial charge in [-0.05, 0) is 43.2 Å². The van der Waals surface area contributed by atoms with Crippen LogP contribution < -0.4 is 14.8 Å². The summed E-state index contributed by atoms with van der Waals surface area (Å²) in [5.74, 6) is 0.388. The summed E-state index contributed by atoms with van der Waals surface area (Å²) < 4.78 is 10.8. The Morgan fingerprint density at radius 1 is 1.29 bits per heavy atom. The third-order valence-electron chi connectivity index (χ3n) is 3.34. The highest BCUT2D eigenvalue weighted by Crippen LogP contribution is 2.37. The van der Waals surface area contributed by atoms with Crippen LogP contribution in [0.1, 0.15) is 29.3 Å². The number of hydrogen-bond acceptors (Lipinski definition) is 4. The summed E-state index contributed by atoms with van der Waals surface area (Å²) in [4.78, 5) is 12.4. The van der Waals surface area contributed by atoms with Crippen molar-refractivity contribution in [3.63, 3.8) is 0 Å². The lowest BCUT2D eigenvalue weighted by Crippen LogP contribution is -2.13. The smallest absolute Gasteiger partial charge is 0.255 e. The molecular weight excluding hydrogens is 330 g/mol. The number of rotatable bonds is 6. The minimum Gasteiger partial charge on any atom is -0.506 e. The molecule has 2 aromatic carbocycles. The van der Waals surface area contributed by atoms with Crippen LogP contribution in [0.2, 0.25) is 5.02 Å². The lowest BCUT2D eigenvalue weighted by Gasteiger charge is -2.14. The molecule has 0 saturated heterocycles. The lowest BCUT2D eigenvalue weighted by atomic mass is 10.1. The molecule has 0 unspecified atom stereocenters. The number of aryl methyl sites for hydroxylation is 1. The fraction of sp³-hybridized carbons (Fsp3) is 0.278. The topological polar surface area (TPSA) is 67.8 Å². The number of carbonyl (C=O) groups is 1. The molecule has 2 rings (SSSR count). The maximum atomic E-state index is 12.4. The molecule has 0 saturated carbocycles. The third kappa shape index (κ3) is 4.11. The van der Waals surface area contributed by atoms with Gasteiger partial charge in [-0.25, -0.2) is 0 Å². The summed E-state index contributed by atoms with van der Waals surface area (Å²) in [6.07, 6.45) is 0.828. The van der Waals surface area contributed by atoms with Gasteiger partial charge in [-0.2, -0.15) is 0 Å². The first kappa shape index (κ1) is 17.9. The van der Waals surface area contributed by atoms with E-state index in [2.05, 4.69) is 5.32 Å². The molecule has 0 aliphatic heterocycles. The van der Waals surface area contributed by atoms with Crippen LogP contribution in [0.25, 0.3) is 0 Å². The molecule has 128 valence electrons. The molecule has 2 aromatic rings. The average molecular weight is 350 g/mol. The summed E-state index contributed by atoms with van der Waals surface area (Å²) in [6.45, 7) is 4.35. The van der Waals surface area contributed by atoms with Crippen LogP contribution in [0, 0.1) is 6.92 Å². The SMILES string of the molecule is CCCOc1c(Cl)cc(C(=O)Nc2cc(C)ccc2O)cc1OC. The Balaban J connectivity index is 2.29. The first-order valence-electron chi connectivity index (χ1n) is 7.57. The molecule has 0 fully saturated rings. The van der Waals surface area contributed by atoms with E-state index >= 15 is 0 Å². The van der Waals surface area contributed by atoms with E-state index in [1.54, 1.807) is 18.2 Å². The van der Waals surface area contributed by atoms with Gasteiger partial charge in [0, 0.05) is 5.56 Å². The largest absolute Gasteiger partial charge is 0.506 e. The maximum absolute atomic E-state index is 12.4. The molecule has 1 amide bonds. The molecule has 0 aliphatic rings. The number of ether oxygens (including phenoxy) is 2. The standard InChI is InChI=1S/C18H20ClNO4/c1-4-7-24-17-13(19)9-12(10-16(17)23-3)18(22)20-14-8-11(2)5-6-15(14)21/h5-6,8-10,21H,4,7H2,1-3H3,(H,20,22). The molecule has 6 heteroatoms. The van der Waals surface area contributed by atoms with E-state index in [1.165, 1.54) is 19.2 Å². The van der Waals surface area contributed by atoms with E-state index in [0.29, 0.717) is 34.4 Å². The van der Waals surface area contributed by atoms with Crippen LogP contribution in [0.4, 0.5) is 5.69 Å². The number of phenols is 1. The minimum atomic E-state index is -0.404. The zero-order valence-electron chi connectivity index (χ0n) is 13.9. The second kappa shape index (κ2) is 7.93. The summed E-state index contributed by atoms with van der Waals surface area (Å²) in [5.41, 5.74) is 1.56. The van der Waals surface area contributed by atoms with Gasteiger partial charge in [-0.1, -0.05) is 24.6 Å². The fourth-order valence-corrected chi connectivity index (χ4v) is 2.40. The van der Waals surface area contributed by atoms with Crippen molar-refractivity contribution in [2.45, 2.75) is 20.3 Å². The molecule has 24 heavy (non-hydrogen) atoms. The summed E-state index contributed by atoms with van der Waals surface area (Å²) >= 11 is 6.22. The van der Waals surface area contributed by atoms with Gasteiger partial charge >= 0.3 is 0 Å². The van der Waals surface area contributed by atoms with Crippen molar-refractivity contribution in [2.24, 2.45) is 0 Å². The molecule has 5 nitrogen and oxygen atoms in total. The molecule has 0 atom stereocenters. The van der Waals surface area contributed by atoms with Gasteiger partial charge in [0.2, 0.25) is 0 Å². The third-order valence-corrected chi connectivity index (χ3v) is 3.62. The summed E-state index contributed by atoms with van der Waals surface area (Å²) in [7, 11) is 1.48. The highest BCUT2D eigenvalue weighted by Gasteiger charge is 2.17. The van der Waals surface area contributed by atoms with Crippen molar-refractivity contribution >= 4 is 23.2 Å². The van der Waals surface area contributed by atoms with E-state index in [4.69, 9.17) is 21.1 Å². The van der Waals surface area contributed by atoms with Crippen LogP contribution >= 0.6 is 11.6 Å². The van der Waals surface area contributed by atoms with E-state index < -0.39 is 5.91 Å². The first-order valence-corrected chi connectivity index (χ1v) is 7.95. The number of aromatic hydroxyl groups is 1. The van der Waals surface area contributed by atoms with Gasteiger partial charge in [0.15, 0.2) is 11.5 Å². The Morgan fingerprint density at radius 2 is 2.04 bits per heavy atom. The molecule has 0 bridgehead atoms. The van der Waals surface area contributed by atoms with Gasteiger partial charge in [-0.15, -0.1) is 0 Å². The number of methoxy groups -OCH3 is 1. The monoisotopic (exact) mass is 349 g/mol. The Morgan fingerprint density at radius 3 is 2.71 bits per heavy atom. The predicted octanol–water partition coefficient (Wildman–Crippen LogP) is 4.40. The van der Waals surface area contributed by atoms with Crippen LogP contribution in [-0.4, -0.2) is 24.7 Å². The van der Waals surface area contributed by atoms with Crippen molar-refractivity contribution in [1.82, 2.24) is 0 Å². The highest BCUT2D eigenvalue weighted by atomic mass is 35.5. The molecule has 2 N–H and O–H groups in total. The predicted molar refractivity (Wildman–Crippen MR) is 94.6 cm³/mol. The minimum absolute atomic E-state index is 0.00471. The van der Waals surface area contributed by atoms with Crippen LogP contribution in [0.5, 0.6) is 17.2 Å². The Kier molecular flexibility index (Phi) is 5.93. The summed E-state index contributed by atoms with van der Waals surface area (Å²) in [6, 6.07) is 8.03. The molecule has 0 aliphatic carbocycles. The molecule has 0 radical (unpaired) electrons. The van der Waals surface area contributed by atoms with Gasteiger partial charge in [0.1, 0.15) is 5.75 Å². The summed E-state index contributed by atoms with van der Waals surface area (Å²) in [5, 5.41) is 12.8. The quantitative estimate of drug-likeness (QED) is 0.758. The lowest BCUT2D eigenvalue weighted by molar-refractivity contribution is 0.102. The van der Waals surface area contributed by atoms with E-state index in [0.717, 1.165) is 12.0 Å². The zero-order chi connectivity index (χ0) is 17.7. The number of benzene rings is 2. The van der Waals surface area contributed by atoms with Crippen LogP contribution in [0.15, 0.2) is 30.3 Å². The second-order valence-electron chi connectivity index (χ2n) is 5.31. The average Bonchev–Trinajstić information content (AvgIpc) is 2.56. The number of phenolic OH excluding ortho intramolecular Hbond substituents is 1. The Hall–Kier alpha value is -2.40. The van der Waals surface area contributed by atoms with E-state index in [-0.39, 0.29) is 5.75 Å². The van der Waals surface area contributed by atoms with Crippen molar-refractivity contribution in [2.75, 3.05) is 19.0 Å². The van der Waals surface area contributed by atoms with Gasteiger partial charge < -0.3 is 19.9 Å². The van der Waals surface area contributed by atoms with Crippen molar-refractivity contribution in [3.05, 3.63) is 46.5 Å². The Bertz CT molecular complexity index is 746. The van der Waals surface area contributed by atoms with Gasteiger partial charge in [0.25, 0.3) is 5.91 Å². The first-order chi connectivity index (χ1) is 11.5. The number of carbonyl (C=O) groups excluding carboxylic acids is 1. The number of hydrogen-bond donors (Lipinski definition) is 2. The van der Waals surface area contributed by atoms with E-state index in [1.807, 2.05) is 13.8 Å². The number of nitrogens with one attached hydrogen (secondary N) is 1. The molecular formula is C18H20ClNO4. The second-order valence-corrected chi connectivity index (χ2v) is 5.72. The van der Waals surface area contributed by atoms with Gasteiger partial charge in [-0.3, -0.25) is 4.79 Å². The maximum Gasteiger partial charge on any atom is 0.255 e. The van der Waals surface area contributed by atoms with Gasteiger partial charge in [0.05, 0.1) is 24.4 Å². The molecule has 0 spiro atoms.